The van der Waals surface area contributed by atoms with Crippen LogP contribution in [0.5, 0.6) is 0 Å². The second-order valence-electron chi connectivity index (χ2n) is 6.66. The number of hydrogen-bond acceptors (Lipinski definition) is 6. The number of aryl methyl sites for hydroxylation is 1. The van der Waals surface area contributed by atoms with Gasteiger partial charge < -0.3 is 20.9 Å². The van der Waals surface area contributed by atoms with Gasteiger partial charge in [0.05, 0.1) is 17.6 Å². The second-order valence-corrected chi connectivity index (χ2v) is 8.16. The van der Waals surface area contributed by atoms with E-state index in [2.05, 4.69) is 57.1 Å². The number of imidazole rings is 1. The van der Waals surface area contributed by atoms with Crippen LogP contribution in [-0.4, -0.2) is 61.2 Å². The lowest BCUT2D eigenvalue weighted by molar-refractivity contribution is -0.138. The van der Waals surface area contributed by atoms with Crippen LogP contribution >= 0.6 is 31.9 Å². The maximum atomic E-state index is 13.2. The maximum absolute atomic E-state index is 13.2. The highest BCUT2D eigenvalue weighted by Gasteiger charge is 2.37. The van der Waals surface area contributed by atoms with Gasteiger partial charge in [-0.15, -0.1) is 0 Å². The van der Waals surface area contributed by atoms with Gasteiger partial charge in [0.1, 0.15) is 22.4 Å². The Morgan fingerprint density at radius 3 is 2.69 bits per heavy atom. The monoisotopic (exact) mass is 527 g/mol. The zero-order valence-electron chi connectivity index (χ0n) is 15.5. The minimum atomic E-state index is -0.950. The van der Waals surface area contributed by atoms with Crippen LogP contribution in [0.2, 0.25) is 0 Å². The van der Waals surface area contributed by atoms with E-state index in [0.717, 1.165) is 0 Å². The number of nitrogens with zero attached hydrogens (tertiary/aromatic N) is 4. The summed E-state index contributed by atoms with van der Waals surface area (Å²) in [7, 11) is 0. The molecular formula is C17H19Br2N7O3. The number of rotatable bonds is 6. The number of H-pyrrole nitrogens is 1. The van der Waals surface area contributed by atoms with Gasteiger partial charge in [-0.1, -0.05) is 0 Å². The molecule has 0 saturated carbocycles. The molecule has 3 heterocycles. The van der Waals surface area contributed by atoms with E-state index in [9.17, 15) is 14.4 Å². The fourth-order valence-corrected chi connectivity index (χ4v) is 4.26. The Morgan fingerprint density at radius 1 is 1.34 bits per heavy atom. The van der Waals surface area contributed by atoms with Crippen molar-refractivity contribution in [1.29, 1.82) is 0 Å². The lowest BCUT2D eigenvalue weighted by atomic mass is 10.1. The van der Waals surface area contributed by atoms with E-state index < -0.39 is 29.8 Å². The molecule has 10 nitrogen and oxygen atoms in total. The van der Waals surface area contributed by atoms with Crippen molar-refractivity contribution in [2.75, 3.05) is 6.54 Å². The van der Waals surface area contributed by atoms with Gasteiger partial charge in [-0.2, -0.15) is 0 Å². The highest BCUT2D eigenvalue weighted by molar-refractivity contribution is 9.11. The van der Waals surface area contributed by atoms with Crippen molar-refractivity contribution in [3.05, 3.63) is 38.8 Å². The number of nitrogens with one attached hydrogen (secondary N) is 2. The van der Waals surface area contributed by atoms with Gasteiger partial charge >= 0.3 is 0 Å². The maximum Gasteiger partial charge on any atom is 0.272 e. The lowest BCUT2D eigenvalue weighted by Gasteiger charge is -2.27. The lowest BCUT2D eigenvalue weighted by Crippen LogP contribution is -2.53. The first-order chi connectivity index (χ1) is 13.8. The highest BCUT2D eigenvalue weighted by Crippen LogP contribution is 2.22. The number of likely N-dealkylation sites (tertiary alicyclic amines) is 1. The third-order valence-electron chi connectivity index (χ3n) is 4.59. The number of hydrogen-bond donors (Lipinski definition) is 3. The molecule has 29 heavy (non-hydrogen) atoms. The van der Waals surface area contributed by atoms with Gasteiger partial charge in [0.2, 0.25) is 11.8 Å². The normalized spacial score (nSPS) is 17.2. The molecule has 0 aliphatic carbocycles. The van der Waals surface area contributed by atoms with Crippen molar-refractivity contribution in [2.24, 2.45) is 5.73 Å². The Hall–Kier alpha value is -2.34. The van der Waals surface area contributed by atoms with Crippen LogP contribution in [0.1, 0.15) is 34.7 Å². The van der Waals surface area contributed by atoms with Gasteiger partial charge in [-0.3, -0.25) is 19.4 Å². The van der Waals surface area contributed by atoms with E-state index in [-0.39, 0.29) is 12.1 Å². The average molecular weight is 529 g/mol. The van der Waals surface area contributed by atoms with Crippen LogP contribution in [-0.2, 0) is 16.0 Å². The van der Waals surface area contributed by atoms with Crippen molar-refractivity contribution in [2.45, 2.75) is 38.3 Å². The summed E-state index contributed by atoms with van der Waals surface area (Å²) in [5.74, 6) is -1.49. The van der Waals surface area contributed by atoms with Crippen molar-refractivity contribution >= 4 is 49.6 Å². The number of nitrogens with two attached hydrogens (primary N) is 1. The number of aromatic nitrogens is 4. The van der Waals surface area contributed by atoms with E-state index in [1.54, 1.807) is 6.92 Å². The topological polar surface area (TPSA) is 147 Å². The van der Waals surface area contributed by atoms with E-state index in [1.807, 2.05) is 0 Å². The molecule has 1 saturated heterocycles. The predicted molar refractivity (Wildman–Crippen MR) is 110 cm³/mol. The molecule has 2 atom stereocenters. The number of primary amides is 1. The number of amides is 3. The van der Waals surface area contributed by atoms with Crippen molar-refractivity contribution < 1.29 is 14.4 Å². The Kier molecular flexibility index (Phi) is 6.63. The molecule has 154 valence electrons. The van der Waals surface area contributed by atoms with Crippen LogP contribution in [0.15, 0.2) is 21.7 Å². The molecule has 1 fully saturated rings. The van der Waals surface area contributed by atoms with Crippen LogP contribution in [0, 0.1) is 6.92 Å². The summed E-state index contributed by atoms with van der Waals surface area (Å²) in [6.45, 7) is 2.16. The van der Waals surface area contributed by atoms with Crippen LogP contribution in [0.25, 0.3) is 0 Å². The Bertz CT molecular complexity index is 932. The van der Waals surface area contributed by atoms with Crippen LogP contribution in [0.4, 0.5) is 0 Å². The molecule has 3 rings (SSSR count). The van der Waals surface area contributed by atoms with E-state index >= 15 is 0 Å². The van der Waals surface area contributed by atoms with Gasteiger partial charge in [-0.25, -0.2) is 9.97 Å². The third-order valence-corrected chi connectivity index (χ3v) is 5.62. The Balaban J connectivity index is 1.85. The zero-order valence-corrected chi connectivity index (χ0v) is 18.7. The molecule has 2 aromatic rings. The van der Waals surface area contributed by atoms with Crippen LogP contribution in [0.3, 0.4) is 0 Å². The molecule has 4 N–H and O–H groups in total. The standard InChI is InChI=1S/C17H19Br2N7O3/c1-8-6-22-11(7-21-8)15(28)23-10(5-9-13(18)25-17(19)24-9)16(29)26-4-2-3-12(26)14(20)27/h6-7,10,12H,2-5H2,1H3,(H2,20,27)(H,23,28)(H,24,25)/t10-,12-/m0/s1. The quantitative estimate of drug-likeness (QED) is 0.506. The predicted octanol–water partition coefficient (Wildman–Crippen LogP) is 0.851. The first-order valence-corrected chi connectivity index (χ1v) is 10.4. The highest BCUT2D eigenvalue weighted by atomic mass is 79.9. The Morgan fingerprint density at radius 2 is 2.10 bits per heavy atom. The summed E-state index contributed by atoms with van der Waals surface area (Å²) in [5.41, 5.74) is 6.81. The minimum absolute atomic E-state index is 0.0890. The van der Waals surface area contributed by atoms with Crippen molar-refractivity contribution in [3.8, 4) is 0 Å². The van der Waals surface area contributed by atoms with Gasteiger partial charge in [0.25, 0.3) is 5.91 Å². The van der Waals surface area contributed by atoms with Gasteiger partial charge in [-0.05, 0) is 51.6 Å². The average Bonchev–Trinajstić information content (AvgIpc) is 3.27. The first kappa shape index (κ1) is 21.4. The summed E-state index contributed by atoms with van der Waals surface area (Å²) in [4.78, 5) is 54.3. The number of halogens is 2. The summed E-state index contributed by atoms with van der Waals surface area (Å²) in [6, 6.07) is -1.63. The van der Waals surface area contributed by atoms with E-state index in [1.165, 1.54) is 17.3 Å². The number of aromatic amines is 1. The van der Waals surface area contributed by atoms with E-state index in [4.69, 9.17) is 5.73 Å². The molecule has 1 aliphatic rings. The SMILES string of the molecule is Cc1cnc(C(=O)N[C@@H](Cc2[nH]c(Br)nc2Br)C(=O)N2CCC[C@H]2C(N)=O)cn1. The minimum Gasteiger partial charge on any atom is -0.368 e. The molecule has 1 aliphatic heterocycles. The summed E-state index contributed by atoms with van der Waals surface area (Å²) < 4.78 is 0.997. The third kappa shape index (κ3) is 4.99. The number of carbonyl (C=O) groups is 3. The van der Waals surface area contributed by atoms with Gasteiger partial charge in [0.15, 0.2) is 4.73 Å². The number of carbonyl (C=O) groups excluding carboxylic acids is 3. The Labute approximate surface area is 183 Å². The largest absolute Gasteiger partial charge is 0.368 e. The molecule has 3 amide bonds. The van der Waals surface area contributed by atoms with E-state index in [0.29, 0.717) is 40.1 Å². The fraction of sp³-hybridized carbons (Fsp3) is 0.412. The molecule has 0 unspecified atom stereocenters. The fourth-order valence-electron chi connectivity index (χ4n) is 3.17. The summed E-state index contributed by atoms with van der Waals surface area (Å²) >= 11 is 6.57. The molecule has 0 spiro atoms. The summed E-state index contributed by atoms with van der Waals surface area (Å²) in [6.07, 6.45) is 4.12. The second kappa shape index (κ2) is 8.99. The first-order valence-electron chi connectivity index (χ1n) is 8.85. The molecule has 0 radical (unpaired) electrons. The zero-order chi connectivity index (χ0) is 21.1. The molecule has 12 heteroatoms. The van der Waals surface area contributed by atoms with Crippen molar-refractivity contribution in [1.82, 2.24) is 30.2 Å². The van der Waals surface area contributed by atoms with Crippen LogP contribution < -0.4 is 11.1 Å². The summed E-state index contributed by atoms with van der Waals surface area (Å²) in [5, 5.41) is 2.71. The van der Waals surface area contributed by atoms with Gasteiger partial charge in [0, 0.05) is 19.2 Å². The molecule has 0 aromatic carbocycles. The smallest absolute Gasteiger partial charge is 0.272 e. The molecule has 2 aromatic heterocycles. The van der Waals surface area contributed by atoms with Crippen molar-refractivity contribution in [3.63, 3.8) is 0 Å². The molecule has 0 bridgehead atoms. The molecular weight excluding hydrogens is 510 g/mol.